The van der Waals surface area contributed by atoms with Crippen molar-refractivity contribution >= 4 is 11.7 Å². The Labute approximate surface area is 92.3 Å². The van der Waals surface area contributed by atoms with E-state index in [1.54, 1.807) is 19.0 Å². The molecule has 1 N–H and O–H groups in total. The number of anilines is 1. The number of rotatable bonds is 4. The highest BCUT2D eigenvalue weighted by molar-refractivity contribution is 5.68. The molecule has 3 nitrogen and oxygen atoms in total. The summed E-state index contributed by atoms with van der Waals surface area (Å²) >= 11 is 0. The maximum atomic E-state index is 13.3. The Bertz CT molecular complexity index is 374. The lowest BCUT2D eigenvalue weighted by molar-refractivity contribution is -0.145. The highest BCUT2D eigenvalue weighted by Gasteiger charge is 2.34. The third-order valence-corrected chi connectivity index (χ3v) is 2.18. The Morgan fingerprint density at radius 3 is 2.19 bits per heavy atom. The normalized spacial score (nSPS) is 11.2. The molecule has 0 spiro atoms. The Kier molecular flexibility index (Phi) is 3.47. The minimum Gasteiger partial charge on any atom is -0.481 e. The molecular weight excluding hydrogens is 216 g/mol. The molecule has 5 heteroatoms. The maximum Gasteiger partial charge on any atom is 0.309 e. The van der Waals surface area contributed by atoms with Gasteiger partial charge in [-0.25, -0.2) is 8.78 Å². The fourth-order valence-corrected chi connectivity index (χ4v) is 1.30. The molecule has 88 valence electrons. The molecule has 0 amide bonds. The van der Waals surface area contributed by atoms with Crippen LogP contribution < -0.4 is 4.90 Å². The van der Waals surface area contributed by atoms with Crippen LogP contribution in [0.5, 0.6) is 0 Å². The van der Waals surface area contributed by atoms with Crippen LogP contribution in [0.4, 0.5) is 14.5 Å². The van der Waals surface area contributed by atoms with Crippen molar-refractivity contribution in [2.24, 2.45) is 0 Å². The largest absolute Gasteiger partial charge is 0.481 e. The second kappa shape index (κ2) is 4.47. The Balaban J connectivity index is 2.92. The van der Waals surface area contributed by atoms with E-state index < -0.39 is 18.3 Å². The minimum absolute atomic E-state index is 0.277. The summed E-state index contributed by atoms with van der Waals surface area (Å²) in [5.41, 5.74) is 0.510. The second-order valence-corrected chi connectivity index (χ2v) is 3.72. The smallest absolute Gasteiger partial charge is 0.309 e. The number of halogens is 2. The maximum absolute atomic E-state index is 13.3. The molecule has 0 heterocycles. The number of hydrogen-bond donors (Lipinski definition) is 1. The molecule has 1 aromatic rings. The van der Waals surface area contributed by atoms with Crippen LogP contribution in [0.3, 0.4) is 0 Å². The fourth-order valence-electron chi connectivity index (χ4n) is 1.30. The van der Waals surface area contributed by atoms with Crippen LogP contribution in [0.2, 0.25) is 0 Å². The van der Waals surface area contributed by atoms with Gasteiger partial charge in [0.15, 0.2) is 0 Å². The monoisotopic (exact) mass is 229 g/mol. The van der Waals surface area contributed by atoms with Crippen LogP contribution in [0, 0.1) is 0 Å². The van der Waals surface area contributed by atoms with E-state index in [-0.39, 0.29) is 5.56 Å². The number of nitrogens with zero attached hydrogens (tertiary/aromatic N) is 1. The van der Waals surface area contributed by atoms with Crippen molar-refractivity contribution < 1.29 is 18.7 Å². The van der Waals surface area contributed by atoms with E-state index in [1.807, 2.05) is 0 Å². The third-order valence-electron chi connectivity index (χ3n) is 2.18. The summed E-state index contributed by atoms with van der Waals surface area (Å²) in [6.07, 6.45) is -1.19. The molecule has 0 aliphatic carbocycles. The lowest BCUT2D eigenvalue weighted by Crippen LogP contribution is -2.18. The summed E-state index contributed by atoms with van der Waals surface area (Å²) in [6.45, 7) is 0. The quantitative estimate of drug-likeness (QED) is 0.861. The second-order valence-electron chi connectivity index (χ2n) is 3.72. The highest BCUT2D eigenvalue weighted by atomic mass is 19.3. The van der Waals surface area contributed by atoms with Gasteiger partial charge in [0.1, 0.15) is 6.42 Å². The van der Waals surface area contributed by atoms with Gasteiger partial charge in [0.05, 0.1) is 0 Å². The number of carbonyl (C=O) groups is 1. The zero-order valence-corrected chi connectivity index (χ0v) is 9.08. The summed E-state index contributed by atoms with van der Waals surface area (Å²) < 4.78 is 26.7. The van der Waals surface area contributed by atoms with Crippen LogP contribution in [-0.4, -0.2) is 25.2 Å². The van der Waals surface area contributed by atoms with E-state index in [2.05, 4.69) is 0 Å². The Hall–Kier alpha value is -1.65. The number of alkyl halides is 2. The number of aliphatic carboxylic acids is 1. The van der Waals surface area contributed by atoms with Gasteiger partial charge in [-0.1, -0.05) is 12.1 Å². The highest BCUT2D eigenvalue weighted by Crippen LogP contribution is 2.32. The van der Waals surface area contributed by atoms with E-state index in [0.717, 1.165) is 5.69 Å². The third kappa shape index (κ3) is 2.92. The average molecular weight is 229 g/mol. The van der Waals surface area contributed by atoms with E-state index >= 15 is 0 Å². The van der Waals surface area contributed by atoms with Gasteiger partial charge in [-0.05, 0) is 12.1 Å². The van der Waals surface area contributed by atoms with E-state index in [4.69, 9.17) is 5.11 Å². The van der Waals surface area contributed by atoms with Crippen LogP contribution in [0.1, 0.15) is 12.0 Å². The molecular formula is C11H13F2NO2. The summed E-state index contributed by atoms with van der Waals surface area (Å²) in [5, 5.41) is 8.37. The molecule has 0 saturated heterocycles. The number of carboxylic acids is 1. The molecule has 0 atom stereocenters. The summed E-state index contributed by atoms with van der Waals surface area (Å²) in [4.78, 5) is 12.1. The topological polar surface area (TPSA) is 40.5 Å². The molecule has 0 fully saturated rings. The summed E-state index contributed by atoms with van der Waals surface area (Å²) in [5.74, 6) is -4.84. The fraction of sp³-hybridized carbons (Fsp3) is 0.364. The van der Waals surface area contributed by atoms with E-state index in [1.165, 1.54) is 24.3 Å². The van der Waals surface area contributed by atoms with Crippen molar-refractivity contribution in [1.82, 2.24) is 0 Å². The van der Waals surface area contributed by atoms with Gasteiger partial charge in [-0.3, -0.25) is 4.79 Å². The lowest BCUT2D eigenvalue weighted by atomic mass is 10.1. The van der Waals surface area contributed by atoms with Crippen LogP contribution in [-0.2, 0) is 10.7 Å². The Morgan fingerprint density at radius 2 is 1.81 bits per heavy atom. The van der Waals surface area contributed by atoms with Crippen molar-refractivity contribution in [2.45, 2.75) is 12.3 Å². The molecule has 1 rings (SSSR count). The first-order valence-corrected chi connectivity index (χ1v) is 4.70. The van der Waals surface area contributed by atoms with Crippen molar-refractivity contribution in [2.75, 3.05) is 19.0 Å². The molecule has 0 aliphatic heterocycles. The number of carboxylic acid groups (broad SMARTS) is 1. The molecule has 0 aliphatic rings. The first-order chi connectivity index (χ1) is 7.33. The van der Waals surface area contributed by atoms with Crippen LogP contribution in [0.25, 0.3) is 0 Å². The predicted octanol–water partition coefficient (Wildman–Crippen LogP) is 2.32. The van der Waals surface area contributed by atoms with Gasteiger partial charge >= 0.3 is 5.97 Å². The first-order valence-electron chi connectivity index (χ1n) is 4.70. The SMILES string of the molecule is CN(C)c1ccc(C(F)(F)CC(=O)O)cc1. The van der Waals surface area contributed by atoms with Crippen molar-refractivity contribution in [3.05, 3.63) is 29.8 Å². The van der Waals surface area contributed by atoms with Gasteiger partial charge in [0.25, 0.3) is 5.92 Å². The standard InChI is InChI=1S/C11H13F2NO2/c1-14(2)9-5-3-8(4-6-9)11(12,13)7-10(15)16/h3-6H,7H2,1-2H3,(H,15,16). The molecule has 0 saturated carbocycles. The summed E-state index contributed by atoms with van der Waals surface area (Å²) in [7, 11) is 3.59. The van der Waals surface area contributed by atoms with Gasteiger partial charge < -0.3 is 10.0 Å². The van der Waals surface area contributed by atoms with Crippen molar-refractivity contribution in [3.8, 4) is 0 Å². The summed E-state index contributed by atoms with van der Waals surface area (Å²) in [6, 6.07) is 5.56. The van der Waals surface area contributed by atoms with Gasteiger partial charge in [0.2, 0.25) is 0 Å². The van der Waals surface area contributed by atoms with Crippen molar-refractivity contribution in [1.29, 1.82) is 0 Å². The lowest BCUT2D eigenvalue weighted by Gasteiger charge is -2.17. The molecule has 0 bridgehead atoms. The van der Waals surface area contributed by atoms with E-state index in [0.29, 0.717) is 0 Å². The minimum atomic E-state index is -3.32. The average Bonchev–Trinajstić information content (AvgIpc) is 2.16. The zero-order chi connectivity index (χ0) is 12.3. The molecule has 0 radical (unpaired) electrons. The number of benzene rings is 1. The zero-order valence-electron chi connectivity index (χ0n) is 9.08. The predicted molar refractivity (Wildman–Crippen MR) is 56.9 cm³/mol. The van der Waals surface area contributed by atoms with Crippen molar-refractivity contribution in [3.63, 3.8) is 0 Å². The van der Waals surface area contributed by atoms with Crippen LogP contribution in [0.15, 0.2) is 24.3 Å². The molecule has 1 aromatic carbocycles. The Morgan fingerprint density at radius 1 is 1.31 bits per heavy atom. The van der Waals surface area contributed by atoms with Crippen LogP contribution >= 0.6 is 0 Å². The van der Waals surface area contributed by atoms with Gasteiger partial charge in [-0.2, -0.15) is 0 Å². The van der Waals surface area contributed by atoms with E-state index in [9.17, 15) is 13.6 Å². The van der Waals surface area contributed by atoms with Gasteiger partial charge in [0, 0.05) is 25.3 Å². The molecule has 0 aromatic heterocycles. The van der Waals surface area contributed by atoms with Gasteiger partial charge in [-0.15, -0.1) is 0 Å². The molecule has 16 heavy (non-hydrogen) atoms. The number of hydrogen-bond acceptors (Lipinski definition) is 2. The molecule has 0 unspecified atom stereocenters. The first kappa shape index (κ1) is 12.4.